The van der Waals surface area contributed by atoms with E-state index in [2.05, 4.69) is 45.1 Å². The fraction of sp³-hybridized carbons (Fsp3) is 0.636. The molecule has 0 spiro atoms. The van der Waals surface area contributed by atoms with Crippen molar-refractivity contribution in [2.75, 3.05) is 11.9 Å². The Bertz CT molecular complexity index is 344. The first-order valence-corrected chi connectivity index (χ1v) is 6.26. The van der Waals surface area contributed by atoms with Gasteiger partial charge in [-0.05, 0) is 35.7 Å². The minimum Gasteiger partial charge on any atom is -0.473 e. The topological polar surface area (TPSA) is 47.0 Å². The number of nitrogens with one attached hydrogen (secondary N) is 1. The van der Waals surface area contributed by atoms with Gasteiger partial charge < -0.3 is 10.1 Å². The van der Waals surface area contributed by atoms with Gasteiger partial charge in [-0.25, -0.2) is 9.97 Å². The molecule has 1 unspecified atom stereocenters. The van der Waals surface area contributed by atoms with Gasteiger partial charge in [0.1, 0.15) is 16.6 Å². The van der Waals surface area contributed by atoms with E-state index in [4.69, 9.17) is 4.74 Å². The second-order valence-corrected chi connectivity index (χ2v) is 4.73. The van der Waals surface area contributed by atoms with Crippen molar-refractivity contribution in [3.05, 3.63) is 10.8 Å². The summed E-state index contributed by atoms with van der Waals surface area (Å²) in [6, 6.07) is 0. The van der Waals surface area contributed by atoms with Crippen LogP contribution in [0.3, 0.4) is 0 Å². The molecule has 0 radical (unpaired) electrons. The lowest BCUT2D eigenvalue weighted by molar-refractivity contribution is 0.162. The first-order valence-electron chi connectivity index (χ1n) is 5.47. The van der Waals surface area contributed by atoms with E-state index in [9.17, 15) is 0 Å². The number of rotatable bonds is 5. The largest absolute Gasteiger partial charge is 0.473 e. The van der Waals surface area contributed by atoms with Crippen molar-refractivity contribution in [2.24, 2.45) is 5.92 Å². The first-order chi connectivity index (χ1) is 7.56. The Hall–Kier alpha value is -0.840. The Labute approximate surface area is 105 Å². The fourth-order valence-corrected chi connectivity index (χ4v) is 1.48. The van der Waals surface area contributed by atoms with Crippen LogP contribution in [0.1, 0.15) is 27.7 Å². The monoisotopic (exact) mass is 287 g/mol. The summed E-state index contributed by atoms with van der Waals surface area (Å²) in [6.45, 7) is 9.10. The molecule has 1 heterocycles. The minimum absolute atomic E-state index is 0.126. The van der Waals surface area contributed by atoms with Gasteiger partial charge >= 0.3 is 0 Å². The Morgan fingerprint density at radius 3 is 2.62 bits per heavy atom. The molecular weight excluding hydrogens is 270 g/mol. The van der Waals surface area contributed by atoms with Crippen molar-refractivity contribution < 1.29 is 4.74 Å². The molecule has 1 N–H and O–H groups in total. The molecule has 5 heteroatoms. The van der Waals surface area contributed by atoms with Crippen LogP contribution < -0.4 is 10.1 Å². The Morgan fingerprint density at radius 2 is 2.06 bits per heavy atom. The predicted octanol–water partition coefficient (Wildman–Crippen LogP) is 3.09. The average molecular weight is 288 g/mol. The van der Waals surface area contributed by atoms with Crippen molar-refractivity contribution in [2.45, 2.75) is 33.8 Å². The van der Waals surface area contributed by atoms with E-state index in [0.717, 1.165) is 16.8 Å². The van der Waals surface area contributed by atoms with Crippen LogP contribution in [-0.2, 0) is 0 Å². The smallest absolute Gasteiger partial charge is 0.233 e. The summed E-state index contributed by atoms with van der Waals surface area (Å²) in [7, 11) is 0. The summed E-state index contributed by atoms with van der Waals surface area (Å²) in [4.78, 5) is 8.26. The van der Waals surface area contributed by atoms with Crippen molar-refractivity contribution in [3.63, 3.8) is 0 Å². The molecule has 0 aliphatic heterocycles. The highest BCUT2D eigenvalue weighted by Gasteiger charge is 2.14. The van der Waals surface area contributed by atoms with Crippen LogP contribution in [0.25, 0.3) is 0 Å². The standard InChI is InChI=1S/C11H18BrN3O/c1-5-13-10-9(12)11(15-6-14-10)16-8(4)7(2)3/h6-8H,5H2,1-4H3,(H,13,14,15). The van der Waals surface area contributed by atoms with E-state index in [1.54, 1.807) is 0 Å². The molecule has 16 heavy (non-hydrogen) atoms. The number of nitrogens with zero attached hydrogens (tertiary/aromatic N) is 2. The first kappa shape index (κ1) is 13.2. The van der Waals surface area contributed by atoms with Crippen LogP contribution in [0.4, 0.5) is 5.82 Å². The van der Waals surface area contributed by atoms with Gasteiger partial charge in [-0.15, -0.1) is 0 Å². The molecule has 0 saturated carbocycles. The normalized spacial score (nSPS) is 12.6. The second kappa shape index (κ2) is 6.03. The molecule has 1 rings (SSSR count). The van der Waals surface area contributed by atoms with Gasteiger partial charge in [0.15, 0.2) is 0 Å². The van der Waals surface area contributed by atoms with Gasteiger partial charge in [0.2, 0.25) is 5.88 Å². The van der Waals surface area contributed by atoms with Crippen LogP contribution >= 0.6 is 15.9 Å². The maximum Gasteiger partial charge on any atom is 0.233 e. The molecule has 0 aromatic carbocycles. The third-order valence-electron chi connectivity index (χ3n) is 2.34. The highest BCUT2D eigenvalue weighted by molar-refractivity contribution is 9.10. The number of aromatic nitrogens is 2. The van der Waals surface area contributed by atoms with Crippen LogP contribution in [0, 0.1) is 5.92 Å². The van der Waals surface area contributed by atoms with E-state index < -0.39 is 0 Å². The molecule has 90 valence electrons. The quantitative estimate of drug-likeness (QED) is 0.904. The molecule has 1 aromatic heterocycles. The number of ether oxygens (including phenoxy) is 1. The lowest BCUT2D eigenvalue weighted by Crippen LogP contribution is -2.19. The van der Waals surface area contributed by atoms with Crippen molar-refractivity contribution in [1.29, 1.82) is 0 Å². The summed E-state index contributed by atoms with van der Waals surface area (Å²) in [5, 5.41) is 3.14. The molecule has 0 amide bonds. The summed E-state index contributed by atoms with van der Waals surface area (Å²) in [6.07, 6.45) is 1.63. The van der Waals surface area contributed by atoms with Crippen LogP contribution in [0.2, 0.25) is 0 Å². The maximum absolute atomic E-state index is 5.76. The molecule has 0 aliphatic carbocycles. The zero-order chi connectivity index (χ0) is 12.1. The predicted molar refractivity (Wildman–Crippen MR) is 68.8 cm³/mol. The van der Waals surface area contributed by atoms with Crippen molar-refractivity contribution in [1.82, 2.24) is 9.97 Å². The lowest BCUT2D eigenvalue weighted by atomic mass is 10.1. The van der Waals surface area contributed by atoms with Gasteiger partial charge in [0, 0.05) is 6.54 Å². The van der Waals surface area contributed by atoms with Gasteiger partial charge in [-0.3, -0.25) is 0 Å². The molecule has 1 atom stereocenters. The molecule has 0 bridgehead atoms. The van der Waals surface area contributed by atoms with E-state index in [1.807, 2.05) is 13.8 Å². The van der Waals surface area contributed by atoms with Crippen LogP contribution in [0.5, 0.6) is 5.88 Å². The number of halogens is 1. The van der Waals surface area contributed by atoms with Gasteiger partial charge in [-0.2, -0.15) is 0 Å². The van der Waals surface area contributed by atoms with Gasteiger partial charge in [0.25, 0.3) is 0 Å². The Balaban J connectivity index is 2.84. The summed E-state index contributed by atoms with van der Waals surface area (Å²) in [5.74, 6) is 1.81. The molecule has 0 fully saturated rings. The van der Waals surface area contributed by atoms with Crippen LogP contribution in [-0.4, -0.2) is 22.6 Å². The molecule has 1 aromatic rings. The number of hydrogen-bond donors (Lipinski definition) is 1. The summed E-state index contributed by atoms with van der Waals surface area (Å²) in [5.41, 5.74) is 0. The van der Waals surface area contributed by atoms with Crippen molar-refractivity contribution in [3.8, 4) is 5.88 Å². The molecule has 0 saturated heterocycles. The SMILES string of the molecule is CCNc1ncnc(OC(C)C(C)C)c1Br. The van der Waals surface area contributed by atoms with E-state index in [0.29, 0.717) is 11.8 Å². The Morgan fingerprint density at radius 1 is 1.38 bits per heavy atom. The van der Waals surface area contributed by atoms with E-state index >= 15 is 0 Å². The molecule has 4 nitrogen and oxygen atoms in total. The second-order valence-electron chi connectivity index (χ2n) is 3.94. The maximum atomic E-state index is 5.76. The zero-order valence-corrected chi connectivity index (χ0v) is 11.7. The minimum atomic E-state index is 0.126. The molecular formula is C11H18BrN3O. The summed E-state index contributed by atoms with van der Waals surface area (Å²) < 4.78 is 6.54. The highest BCUT2D eigenvalue weighted by atomic mass is 79.9. The van der Waals surface area contributed by atoms with Gasteiger partial charge in [0.05, 0.1) is 6.10 Å². The third-order valence-corrected chi connectivity index (χ3v) is 3.05. The lowest BCUT2D eigenvalue weighted by Gasteiger charge is -2.18. The number of anilines is 1. The van der Waals surface area contributed by atoms with E-state index in [-0.39, 0.29) is 6.10 Å². The molecule has 0 aliphatic rings. The van der Waals surface area contributed by atoms with E-state index in [1.165, 1.54) is 6.33 Å². The Kier molecular flexibility index (Phi) is 4.99. The highest BCUT2D eigenvalue weighted by Crippen LogP contribution is 2.29. The fourth-order valence-electron chi connectivity index (χ4n) is 1.04. The number of hydrogen-bond acceptors (Lipinski definition) is 4. The van der Waals surface area contributed by atoms with Gasteiger partial charge in [-0.1, -0.05) is 13.8 Å². The zero-order valence-electron chi connectivity index (χ0n) is 10.1. The summed E-state index contributed by atoms with van der Waals surface area (Å²) >= 11 is 3.45. The van der Waals surface area contributed by atoms with Crippen molar-refractivity contribution >= 4 is 21.7 Å². The van der Waals surface area contributed by atoms with Crippen LogP contribution in [0.15, 0.2) is 10.8 Å². The third kappa shape index (κ3) is 3.33. The average Bonchev–Trinajstić information content (AvgIpc) is 2.24.